The van der Waals surface area contributed by atoms with Gasteiger partial charge in [0.1, 0.15) is 0 Å². The summed E-state index contributed by atoms with van der Waals surface area (Å²) in [6.45, 7) is 1.87. The minimum atomic E-state index is -0.257. The normalized spacial score (nSPS) is 21.1. The lowest BCUT2D eigenvalue weighted by Crippen LogP contribution is -2.36. The first-order chi connectivity index (χ1) is 7.81. The fourth-order valence-corrected chi connectivity index (χ4v) is 2.29. The summed E-state index contributed by atoms with van der Waals surface area (Å²) in [5.41, 5.74) is 0. The van der Waals surface area contributed by atoms with E-state index in [0.29, 0.717) is 11.7 Å². The van der Waals surface area contributed by atoms with Crippen LogP contribution in [0.5, 0.6) is 0 Å². The average molecular weight is 224 g/mol. The number of hydrogen-bond acceptors (Lipinski definition) is 3. The van der Waals surface area contributed by atoms with Crippen molar-refractivity contribution in [2.24, 2.45) is 5.92 Å². The van der Waals surface area contributed by atoms with Crippen LogP contribution in [-0.4, -0.2) is 29.8 Å². The minimum absolute atomic E-state index is 0.212. The zero-order valence-electron chi connectivity index (χ0n) is 9.27. The van der Waals surface area contributed by atoms with Crippen molar-refractivity contribution in [3.63, 3.8) is 0 Å². The molecule has 2 rings (SSSR count). The van der Waals surface area contributed by atoms with Crippen molar-refractivity contribution in [2.75, 3.05) is 24.6 Å². The molecule has 1 aliphatic heterocycles. The van der Waals surface area contributed by atoms with Gasteiger partial charge in [-0.1, -0.05) is 0 Å². The number of nitrogens with zero attached hydrogens (tertiary/aromatic N) is 2. The number of rotatable bonds is 3. The van der Waals surface area contributed by atoms with Crippen LogP contribution in [0.25, 0.3) is 0 Å². The van der Waals surface area contributed by atoms with Gasteiger partial charge in [0.05, 0.1) is 0 Å². The van der Waals surface area contributed by atoms with E-state index in [0.717, 1.165) is 32.4 Å². The van der Waals surface area contributed by atoms with E-state index >= 15 is 0 Å². The first-order valence-electron chi connectivity index (χ1n) is 5.77. The zero-order valence-corrected chi connectivity index (χ0v) is 9.27. The van der Waals surface area contributed by atoms with Crippen molar-refractivity contribution in [3.05, 3.63) is 24.1 Å². The molecule has 16 heavy (non-hydrogen) atoms. The summed E-state index contributed by atoms with van der Waals surface area (Å²) in [5.74, 6) is 0.650. The average Bonchev–Trinajstić information content (AvgIpc) is 2.30. The van der Waals surface area contributed by atoms with Crippen LogP contribution in [0, 0.1) is 11.7 Å². The van der Waals surface area contributed by atoms with E-state index in [1.54, 1.807) is 12.3 Å². The van der Waals surface area contributed by atoms with E-state index in [9.17, 15) is 4.39 Å². The summed E-state index contributed by atoms with van der Waals surface area (Å²) < 4.78 is 13.5. The van der Waals surface area contributed by atoms with Crippen molar-refractivity contribution in [1.82, 2.24) is 4.98 Å². The third-order valence-electron chi connectivity index (χ3n) is 3.09. The first-order valence-corrected chi connectivity index (χ1v) is 5.77. The first kappa shape index (κ1) is 11.3. The van der Waals surface area contributed by atoms with Crippen molar-refractivity contribution in [1.29, 1.82) is 0 Å². The molecule has 1 atom stereocenters. The Morgan fingerprint density at radius 3 is 3.19 bits per heavy atom. The van der Waals surface area contributed by atoms with Crippen LogP contribution >= 0.6 is 0 Å². The molecule has 1 aromatic heterocycles. The Kier molecular flexibility index (Phi) is 3.72. The molecule has 1 N–H and O–H groups in total. The highest BCUT2D eigenvalue weighted by atomic mass is 19.1. The number of hydrogen-bond donors (Lipinski definition) is 1. The molecule has 0 saturated carbocycles. The van der Waals surface area contributed by atoms with Crippen molar-refractivity contribution in [2.45, 2.75) is 19.3 Å². The fourth-order valence-electron chi connectivity index (χ4n) is 2.29. The second-order valence-corrected chi connectivity index (χ2v) is 4.28. The SMILES string of the molecule is OCCC1CCCN(c2ncccc2F)C1. The quantitative estimate of drug-likeness (QED) is 0.850. The van der Waals surface area contributed by atoms with Gasteiger partial charge in [-0.25, -0.2) is 9.37 Å². The number of aliphatic hydroxyl groups is 1. The molecule has 1 unspecified atom stereocenters. The van der Waals surface area contributed by atoms with Crippen molar-refractivity contribution < 1.29 is 9.50 Å². The van der Waals surface area contributed by atoms with E-state index < -0.39 is 0 Å². The summed E-state index contributed by atoms with van der Waals surface area (Å²) in [6.07, 6.45) is 4.57. The molecule has 0 radical (unpaired) electrons. The molecule has 1 fully saturated rings. The highest BCUT2D eigenvalue weighted by Crippen LogP contribution is 2.24. The van der Waals surface area contributed by atoms with Crippen LogP contribution in [-0.2, 0) is 0 Å². The zero-order chi connectivity index (χ0) is 11.4. The number of pyridine rings is 1. The summed E-state index contributed by atoms with van der Waals surface area (Å²) in [4.78, 5) is 6.07. The van der Waals surface area contributed by atoms with Gasteiger partial charge >= 0.3 is 0 Å². The maximum atomic E-state index is 13.5. The molecule has 88 valence electrons. The predicted octanol–water partition coefficient (Wildman–Crippen LogP) is 1.82. The molecular weight excluding hydrogens is 207 g/mol. The van der Waals surface area contributed by atoms with E-state index in [4.69, 9.17) is 5.11 Å². The maximum Gasteiger partial charge on any atom is 0.165 e. The van der Waals surface area contributed by atoms with Gasteiger partial charge in [-0.2, -0.15) is 0 Å². The van der Waals surface area contributed by atoms with E-state index in [1.807, 2.05) is 4.90 Å². The van der Waals surface area contributed by atoms with Gasteiger partial charge in [0.15, 0.2) is 11.6 Å². The molecule has 0 aromatic carbocycles. The largest absolute Gasteiger partial charge is 0.396 e. The Balaban J connectivity index is 2.07. The topological polar surface area (TPSA) is 36.4 Å². The number of aromatic nitrogens is 1. The van der Waals surface area contributed by atoms with E-state index in [-0.39, 0.29) is 12.4 Å². The van der Waals surface area contributed by atoms with Gasteiger partial charge < -0.3 is 10.0 Å². The molecule has 3 nitrogen and oxygen atoms in total. The maximum absolute atomic E-state index is 13.5. The monoisotopic (exact) mass is 224 g/mol. The summed E-state index contributed by atoms with van der Waals surface area (Å²) in [5, 5.41) is 8.92. The molecule has 1 saturated heterocycles. The molecular formula is C12H17FN2O. The Morgan fingerprint density at radius 1 is 1.56 bits per heavy atom. The predicted molar refractivity (Wildman–Crippen MR) is 60.8 cm³/mol. The highest BCUT2D eigenvalue weighted by Gasteiger charge is 2.22. The summed E-state index contributed by atoms with van der Waals surface area (Å²) in [7, 11) is 0. The third-order valence-corrected chi connectivity index (χ3v) is 3.09. The second-order valence-electron chi connectivity index (χ2n) is 4.28. The molecule has 0 amide bonds. The number of halogens is 1. The second kappa shape index (κ2) is 5.25. The van der Waals surface area contributed by atoms with Gasteiger partial charge in [0, 0.05) is 25.9 Å². The Hall–Kier alpha value is -1.16. The van der Waals surface area contributed by atoms with Crippen LogP contribution in [0.3, 0.4) is 0 Å². The van der Waals surface area contributed by atoms with Gasteiger partial charge in [-0.3, -0.25) is 0 Å². The number of aliphatic hydroxyl groups excluding tert-OH is 1. The third kappa shape index (κ3) is 2.50. The van der Waals surface area contributed by atoms with Crippen LogP contribution in [0.2, 0.25) is 0 Å². The molecule has 1 aromatic rings. The minimum Gasteiger partial charge on any atom is -0.396 e. The molecule has 4 heteroatoms. The Labute approximate surface area is 94.9 Å². The van der Waals surface area contributed by atoms with Gasteiger partial charge in [-0.15, -0.1) is 0 Å². The van der Waals surface area contributed by atoms with Gasteiger partial charge in [-0.05, 0) is 37.3 Å². The van der Waals surface area contributed by atoms with Crippen LogP contribution in [0.15, 0.2) is 18.3 Å². The lowest BCUT2D eigenvalue weighted by atomic mass is 9.95. The Bertz CT molecular complexity index is 344. The van der Waals surface area contributed by atoms with Crippen LogP contribution in [0.4, 0.5) is 10.2 Å². The molecule has 0 spiro atoms. The lowest BCUT2D eigenvalue weighted by molar-refractivity contribution is 0.244. The smallest absolute Gasteiger partial charge is 0.165 e. The number of anilines is 1. The molecule has 0 bridgehead atoms. The summed E-state index contributed by atoms with van der Waals surface area (Å²) >= 11 is 0. The van der Waals surface area contributed by atoms with E-state index in [2.05, 4.69) is 4.98 Å². The summed E-state index contributed by atoms with van der Waals surface area (Å²) in [6, 6.07) is 3.05. The molecule has 0 aliphatic carbocycles. The van der Waals surface area contributed by atoms with Crippen molar-refractivity contribution >= 4 is 5.82 Å². The molecule has 1 aliphatic rings. The molecule has 2 heterocycles. The van der Waals surface area contributed by atoms with Crippen molar-refractivity contribution in [3.8, 4) is 0 Å². The number of piperidine rings is 1. The van der Waals surface area contributed by atoms with E-state index in [1.165, 1.54) is 6.07 Å². The van der Waals surface area contributed by atoms with Crippen LogP contribution < -0.4 is 4.90 Å². The standard InChI is InChI=1S/C12H17FN2O/c13-11-4-1-6-14-12(11)15-7-2-3-10(9-15)5-8-16/h1,4,6,10,16H,2-3,5,7-9H2. The Morgan fingerprint density at radius 2 is 2.44 bits per heavy atom. The lowest BCUT2D eigenvalue weighted by Gasteiger charge is -2.33. The van der Waals surface area contributed by atoms with Crippen LogP contribution in [0.1, 0.15) is 19.3 Å². The van der Waals surface area contributed by atoms with Gasteiger partial charge in [0.25, 0.3) is 0 Å². The highest BCUT2D eigenvalue weighted by molar-refractivity contribution is 5.40. The fraction of sp³-hybridized carbons (Fsp3) is 0.583. The van der Waals surface area contributed by atoms with Gasteiger partial charge in [0.2, 0.25) is 0 Å².